The van der Waals surface area contributed by atoms with Crippen molar-refractivity contribution in [3.05, 3.63) is 45.2 Å². The van der Waals surface area contributed by atoms with Crippen LogP contribution in [0.3, 0.4) is 0 Å². The second-order valence-corrected chi connectivity index (χ2v) is 4.61. The van der Waals surface area contributed by atoms with Gasteiger partial charge in [0, 0.05) is 17.7 Å². The van der Waals surface area contributed by atoms with Crippen LogP contribution in [0.15, 0.2) is 16.7 Å². The second-order valence-electron chi connectivity index (χ2n) is 4.14. The highest BCUT2D eigenvalue weighted by molar-refractivity contribution is 6.22. The zero-order valence-electron chi connectivity index (χ0n) is 10.6. The van der Waals surface area contributed by atoms with Gasteiger partial charge in [-0.25, -0.2) is 4.39 Å². The Labute approximate surface area is 128 Å². The quantitative estimate of drug-likeness (QED) is 0.393. The number of alkyl halides is 3. The predicted molar refractivity (Wildman–Crippen MR) is 66.8 cm³/mol. The molecule has 122 valence electrons. The van der Waals surface area contributed by atoms with E-state index in [1.165, 1.54) is 0 Å². The molecule has 2 aromatic rings. The normalized spacial score (nSPS) is 11.5. The summed E-state index contributed by atoms with van der Waals surface area (Å²) in [5, 5.41) is 9.51. The van der Waals surface area contributed by atoms with E-state index < -0.39 is 56.1 Å². The van der Waals surface area contributed by atoms with Gasteiger partial charge in [0.25, 0.3) is 5.91 Å². The van der Waals surface area contributed by atoms with Crippen LogP contribution in [-0.2, 0) is 5.38 Å². The lowest BCUT2D eigenvalue weighted by molar-refractivity contribution is -0.387. The van der Waals surface area contributed by atoms with E-state index in [4.69, 9.17) is 17.3 Å². The number of hydrogen-bond donors (Lipinski definition) is 1. The van der Waals surface area contributed by atoms with Crippen molar-refractivity contribution in [3.8, 4) is 11.3 Å². The molecule has 1 amide bonds. The number of nitro groups is 1. The summed E-state index contributed by atoms with van der Waals surface area (Å²) in [6, 6.07) is 0.497. The molecule has 23 heavy (non-hydrogen) atoms. The van der Waals surface area contributed by atoms with Gasteiger partial charge in [0.05, 0.1) is 4.92 Å². The number of nitrogens with zero attached hydrogens (tertiary/aromatic N) is 2. The summed E-state index contributed by atoms with van der Waals surface area (Å²) in [5.74, 6) is -5.88. The molecule has 0 radical (unpaired) electrons. The van der Waals surface area contributed by atoms with Crippen molar-refractivity contribution >= 4 is 23.2 Å². The molecular weight excluding hydrogens is 350 g/mol. The van der Waals surface area contributed by atoms with E-state index >= 15 is 0 Å². The fourth-order valence-corrected chi connectivity index (χ4v) is 1.88. The maximum Gasteiger partial charge on any atom is 0.383 e. The lowest BCUT2D eigenvalue weighted by Gasteiger charge is -2.05. The molecule has 7 nitrogen and oxygen atoms in total. The molecule has 0 saturated heterocycles. The first-order valence-corrected chi connectivity index (χ1v) is 5.92. The molecule has 0 spiro atoms. The maximum absolute atomic E-state index is 13.8. The molecule has 0 aliphatic carbocycles. The van der Waals surface area contributed by atoms with Crippen LogP contribution in [-0.4, -0.2) is 16.0 Å². The average Bonchev–Trinajstić information content (AvgIpc) is 2.82. The van der Waals surface area contributed by atoms with Gasteiger partial charge in [-0.1, -0.05) is 5.16 Å². The summed E-state index contributed by atoms with van der Waals surface area (Å²) in [7, 11) is 0. The highest BCUT2D eigenvalue weighted by Crippen LogP contribution is 2.39. The standard InChI is InChI=1S/C11H4ClF4N3O4/c12-11(15,16)9-7(10(17)20)8(18-23-9)3-1-6(19(21)22)5(14)2-4(3)13/h1-2H,(H2,17,20). The SMILES string of the molecule is NC(=O)c1c(-c2cc([N+](=O)[O-])c(F)cc2F)noc1C(F)(F)Cl. The highest BCUT2D eigenvalue weighted by Gasteiger charge is 2.41. The average molecular weight is 354 g/mol. The van der Waals surface area contributed by atoms with Crippen molar-refractivity contribution in [2.75, 3.05) is 0 Å². The van der Waals surface area contributed by atoms with Gasteiger partial charge < -0.3 is 10.3 Å². The topological polar surface area (TPSA) is 112 Å². The van der Waals surface area contributed by atoms with E-state index in [-0.39, 0.29) is 6.07 Å². The Balaban J connectivity index is 2.78. The highest BCUT2D eigenvalue weighted by atomic mass is 35.5. The first kappa shape index (κ1) is 16.7. The van der Waals surface area contributed by atoms with E-state index in [1.54, 1.807) is 0 Å². The molecule has 2 N–H and O–H groups in total. The molecule has 1 heterocycles. The Bertz CT molecular complexity index is 818. The minimum Gasteiger partial charge on any atom is -0.365 e. The van der Waals surface area contributed by atoms with Crippen molar-refractivity contribution in [1.82, 2.24) is 5.16 Å². The molecule has 12 heteroatoms. The van der Waals surface area contributed by atoms with Crippen LogP contribution < -0.4 is 5.73 Å². The van der Waals surface area contributed by atoms with E-state index in [0.717, 1.165) is 0 Å². The second kappa shape index (κ2) is 5.50. The lowest BCUT2D eigenvalue weighted by Crippen LogP contribution is -2.17. The number of halogens is 5. The third-order valence-electron chi connectivity index (χ3n) is 2.68. The van der Waals surface area contributed by atoms with E-state index in [9.17, 15) is 32.5 Å². The molecule has 0 aliphatic heterocycles. The number of nitrogens with two attached hydrogens (primary N) is 1. The molecule has 2 rings (SSSR count). The van der Waals surface area contributed by atoms with Crippen LogP contribution in [0.4, 0.5) is 23.2 Å². The summed E-state index contributed by atoms with van der Waals surface area (Å²) in [5.41, 5.74) is 0.966. The van der Waals surface area contributed by atoms with Gasteiger partial charge in [-0.05, 0) is 11.6 Å². The number of aromatic nitrogens is 1. The Morgan fingerprint density at radius 2 is 1.96 bits per heavy atom. The van der Waals surface area contributed by atoms with Gasteiger partial charge in [-0.15, -0.1) is 0 Å². The van der Waals surface area contributed by atoms with Gasteiger partial charge >= 0.3 is 11.1 Å². The minimum absolute atomic E-state index is 0.130. The molecule has 0 saturated carbocycles. The lowest BCUT2D eigenvalue weighted by atomic mass is 10.0. The van der Waals surface area contributed by atoms with Gasteiger partial charge in [-0.3, -0.25) is 14.9 Å². The summed E-state index contributed by atoms with van der Waals surface area (Å²) >= 11 is 4.72. The van der Waals surface area contributed by atoms with E-state index in [1.807, 2.05) is 0 Å². The van der Waals surface area contributed by atoms with Gasteiger partial charge in [0.15, 0.2) is 0 Å². The van der Waals surface area contributed by atoms with Gasteiger partial charge in [-0.2, -0.15) is 13.2 Å². The van der Waals surface area contributed by atoms with Crippen LogP contribution in [0, 0.1) is 21.7 Å². The molecule has 1 aromatic carbocycles. The number of primary amides is 1. The van der Waals surface area contributed by atoms with Crippen LogP contribution in [0.2, 0.25) is 0 Å². The van der Waals surface area contributed by atoms with E-state index in [2.05, 4.69) is 9.68 Å². The number of nitro benzene ring substituents is 1. The summed E-state index contributed by atoms with van der Waals surface area (Å²) in [4.78, 5) is 20.8. The monoisotopic (exact) mass is 353 g/mol. The Hall–Kier alpha value is -2.69. The van der Waals surface area contributed by atoms with Crippen LogP contribution in [0.5, 0.6) is 0 Å². The Kier molecular flexibility index (Phi) is 3.99. The molecular formula is C11H4ClF4N3O4. The summed E-state index contributed by atoms with van der Waals surface area (Å²) in [6.45, 7) is 0. The van der Waals surface area contributed by atoms with Crippen molar-refractivity contribution in [2.45, 2.75) is 5.38 Å². The fraction of sp³-hybridized carbons (Fsp3) is 0.0909. The molecule has 0 aliphatic rings. The van der Waals surface area contributed by atoms with Crippen molar-refractivity contribution in [1.29, 1.82) is 0 Å². The third kappa shape index (κ3) is 2.95. The van der Waals surface area contributed by atoms with E-state index in [0.29, 0.717) is 6.07 Å². The maximum atomic E-state index is 13.8. The number of carbonyl (C=O) groups excluding carboxylic acids is 1. The smallest absolute Gasteiger partial charge is 0.365 e. The fourth-order valence-electron chi connectivity index (χ4n) is 1.75. The molecule has 0 unspecified atom stereocenters. The first-order chi connectivity index (χ1) is 10.5. The zero-order valence-corrected chi connectivity index (χ0v) is 11.4. The number of amides is 1. The largest absolute Gasteiger partial charge is 0.383 e. The summed E-state index contributed by atoms with van der Waals surface area (Å²) < 4.78 is 57.6. The van der Waals surface area contributed by atoms with Crippen molar-refractivity contribution < 1.29 is 31.8 Å². The van der Waals surface area contributed by atoms with Crippen LogP contribution >= 0.6 is 11.6 Å². The summed E-state index contributed by atoms with van der Waals surface area (Å²) in [6.07, 6.45) is 0. The molecule has 0 atom stereocenters. The van der Waals surface area contributed by atoms with Crippen molar-refractivity contribution in [2.24, 2.45) is 5.73 Å². The zero-order chi connectivity index (χ0) is 17.5. The third-order valence-corrected chi connectivity index (χ3v) is 2.86. The first-order valence-electron chi connectivity index (χ1n) is 5.54. The predicted octanol–water partition coefficient (Wildman–Crippen LogP) is 2.92. The van der Waals surface area contributed by atoms with Crippen molar-refractivity contribution in [3.63, 3.8) is 0 Å². The molecule has 0 fully saturated rings. The molecule has 0 bridgehead atoms. The Morgan fingerprint density at radius 1 is 1.35 bits per heavy atom. The van der Waals surface area contributed by atoms with Crippen LogP contribution in [0.1, 0.15) is 16.1 Å². The van der Waals surface area contributed by atoms with Crippen LogP contribution in [0.25, 0.3) is 11.3 Å². The number of carbonyl (C=O) groups is 1. The number of benzene rings is 1. The minimum atomic E-state index is -4.20. The number of hydrogen-bond acceptors (Lipinski definition) is 5. The number of rotatable bonds is 4. The Morgan fingerprint density at radius 3 is 2.43 bits per heavy atom. The molecule has 1 aromatic heterocycles. The van der Waals surface area contributed by atoms with Gasteiger partial charge in [0.2, 0.25) is 11.6 Å². The van der Waals surface area contributed by atoms with Gasteiger partial charge in [0.1, 0.15) is 17.1 Å².